The summed E-state index contributed by atoms with van der Waals surface area (Å²) in [4.78, 5) is 15.3. The molecule has 0 bridgehead atoms. The zero-order valence-corrected chi connectivity index (χ0v) is 9.97. The predicted molar refractivity (Wildman–Crippen MR) is 71.6 cm³/mol. The zero-order valence-electron chi connectivity index (χ0n) is 9.97. The number of benzene rings is 1. The highest BCUT2D eigenvalue weighted by Crippen LogP contribution is 2.21. The third-order valence-electron chi connectivity index (χ3n) is 2.46. The van der Waals surface area contributed by atoms with Crippen LogP contribution < -0.4 is 16.8 Å². The van der Waals surface area contributed by atoms with E-state index in [-0.39, 0.29) is 0 Å². The normalized spacial score (nSPS) is 10.1. The Balaban J connectivity index is 2.28. The first-order chi connectivity index (χ1) is 8.56. The van der Waals surface area contributed by atoms with Crippen LogP contribution in [0.2, 0.25) is 0 Å². The van der Waals surface area contributed by atoms with E-state index in [1.165, 1.54) is 0 Å². The number of rotatable bonds is 3. The van der Waals surface area contributed by atoms with Crippen molar-refractivity contribution in [2.24, 2.45) is 5.73 Å². The number of hydrogen-bond donors (Lipinski definition) is 3. The van der Waals surface area contributed by atoms with Gasteiger partial charge in [0.2, 0.25) is 5.91 Å². The van der Waals surface area contributed by atoms with Gasteiger partial charge in [0, 0.05) is 17.4 Å². The summed E-state index contributed by atoms with van der Waals surface area (Å²) >= 11 is 0. The van der Waals surface area contributed by atoms with Gasteiger partial charge in [-0.15, -0.1) is 0 Å². The van der Waals surface area contributed by atoms with Gasteiger partial charge in [0.1, 0.15) is 0 Å². The van der Waals surface area contributed by atoms with E-state index in [1.807, 2.05) is 19.1 Å². The Hall–Kier alpha value is -2.56. The SMILES string of the molecule is Cc1cnc(Nc2cccc(C(N)=O)c2)c(N)c1. The molecule has 0 fully saturated rings. The van der Waals surface area contributed by atoms with Crippen molar-refractivity contribution in [3.63, 3.8) is 0 Å². The number of nitrogens with two attached hydrogens (primary N) is 2. The van der Waals surface area contributed by atoms with Gasteiger partial charge in [-0.05, 0) is 36.8 Å². The summed E-state index contributed by atoms with van der Waals surface area (Å²) in [6.07, 6.45) is 1.72. The fourth-order valence-corrected chi connectivity index (χ4v) is 1.58. The van der Waals surface area contributed by atoms with E-state index in [4.69, 9.17) is 11.5 Å². The highest BCUT2D eigenvalue weighted by Gasteiger charge is 2.04. The van der Waals surface area contributed by atoms with Gasteiger partial charge in [-0.2, -0.15) is 0 Å². The van der Waals surface area contributed by atoms with Crippen LogP contribution in [-0.4, -0.2) is 10.9 Å². The number of hydrogen-bond acceptors (Lipinski definition) is 4. The van der Waals surface area contributed by atoms with Gasteiger partial charge >= 0.3 is 0 Å². The van der Waals surface area contributed by atoms with Gasteiger partial charge in [-0.25, -0.2) is 4.98 Å². The standard InChI is InChI=1S/C13H14N4O/c1-8-5-11(14)13(16-7-8)17-10-4-2-3-9(6-10)12(15)18/h2-7H,14H2,1H3,(H2,15,18)(H,16,17). The number of nitrogens with zero attached hydrogens (tertiary/aromatic N) is 1. The molecule has 0 aliphatic heterocycles. The number of amides is 1. The van der Waals surface area contributed by atoms with Crippen molar-refractivity contribution in [3.05, 3.63) is 47.7 Å². The Morgan fingerprint density at radius 3 is 2.78 bits per heavy atom. The highest BCUT2D eigenvalue weighted by molar-refractivity contribution is 5.94. The summed E-state index contributed by atoms with van der Waals surface area (Å²) in [6, 6.07) is 8.69. The maximum atomic E-state index is 11.1. The average Bonchev–Trinajstić information content (AvgIpc) is 2.33. The second-order valence-corrected chi connectivity index (χ2v) is 4.02. The first-order valence-electron chi connectivity index (χ1n) is 5.45. The van der Waals surface area contributed by atoms with Gasteiger partial charge in [0.05, 0.1) is 5.69 Å². The van der Waals surface area contributed by atoms with Crippen LogP contribution in [0, 0.1) is 6.92 Å². The molecule has 0 atom stereocenters. The summed E-state index contributed by atoms with van der Waals surface area (Å²) in [6.45, 7) is 1.92. The van der Waals surface area contributed by atoms with Crippen LogP contribution in [0.25, 0.3) is 0 Å². The van der Waals surface area contributed by atoms with Crippen molar-refractivity contribution in [2.75, 3.05) is 11.1 Å². The highest BCUT2D eigenvalue weighted by atomic mass is 16.1. The maximum Gasteiger partial charge on any atom is 0.248 e. The summed E-state index contributed by atoms with van der Waals surface area (Å²) < 4.78 is 0. The van der Waals surface area contributed by atoms with E-state index in [0.717, 1.165) is 5.56 Å². The van der Waals surface area contributed by atoms with Crippen LogP contribution in [0.4, 0.5) is 17.2 Å². The van der Waals surface area contributed by atoms with Crippen molar-refractivity contribution < 1.29 is 4.79 Å². The second kappa shape index (κ2) is 4.75. The van der Waals surface area contributed by atoms with E-state index in [1.54, 1.807) is 24.4 Å². The third kappa shape index (κ3) is 2.57. The smallest absolute Gasteiger partial charge is 0.248 e. The fraction of sp³-hybridized carbons (Fsp3) is 0.0769. The largest absolute Gasteiger partial charge is 0.396 e. The Morgan fingerprint density at radius 2 is 2.11 bits per heavy atom. The molecule has 1 aromatic carbocycles. The monoisotopic (exact) mass is 242 g/mol. The molecule has 5 nitrogen and oxygen atoms in total. The lowest BCUT2D eigenvalue weighted by Gasteiger charge is -2.09. The molecule has 1 amide bonds. The first kappa shape index (κ1) is 11.9. The number of carbonyl (C=O) groups is 1. The van der Waals surface area contributed by atoms with Crippen molar-refractivity contribution in [1.82, 2.24) is 4.98 Å². The Morgan fingerprint density at radius 1 is 1.33 bits per heavy atom. The summed E-state index contributed by atoms with van der Waals surface area (Å²) in [7, 11) is 0. The molecule has 0 spiro atoms. The maximum absolute atomic E-state index is 11.1. The molecule has 1 heterocycles. The first-order valence-corrected chi connectivity index (χ1v) is 5.45. The van der Waals surface area contributed by atoms with Gasteiger partial charge in [0.15, 0.2) is 5.82 Å². The Kier molecular flexibility index (Phi) is 3.14. The average molecular weight is 242 g/mol. The number of carbonyl (C=O) groups excluding carboxylic acids is 1. The molecule has 5 heteroatoms. The van der Waals surface area contributed by atoms with Crippen molar-refractivity contribution in [2.45, 2.75) is 6.92 Å². The summed E-state index contributed by atoms with van der Waals surface area (Å²) in [5.74, 6) is 0.0886. The number of nitrogen functional groups attached to an aromatic ring is 1. The summed E-state index contributed by atoms with van der Waals surface area (Å²) in [5, 5.41) is 3.05. The van der Waals surface area contributed by atoms with Crippen molar-refractivity contribution in [3.8, 4) is 0 Å². The number of aromatic nitrogens is 1. The van der Waals surface area contributed by atoms with E-state index in [0.29, 0.717) is 22.8 Å². The molecule has 0 unspecified atom stereocenters. The Labute approximate surface area is 105 Å². The van der Waals surface area contributed by atoms with E-state index in [2.05, 4.69) is 10.3 Å². The molecular formula is C13H14N4O. The van der Waals surface area contributed by atoms with Crippen LogP contribution in [0.3, 0.4) is 0 Å². The molecule has 0 saturated carbocycles. The van der Waals surface area contributed by atoms with Gasteiger partial charge in [-0.1, -0.05) is 6.07 Å². The van der Waals surface area contributed by atoms with Crippen LogP contribution in [0.1, 0.15) is 15.9 Å². The molecule has 1 aromatic heterocycles. The molecule has 92 valence electrons. The molecule has 0 aliphatic rings. The third-order valence-corrected chi connectivity index (χ3v) is 2.46. The van der Waals surface area contributed by atoms with Crippen LogP contribution >= 0.6 is 0 Å². The molecule has 0 radical (unpaired) electrons. The minimum Gasteiger partial charge on any atom is -0.396 e. The molecule has 5 N–H and O–H groups in total. The van der Waals surface area contributed by atoms with E-state index in [9.17, 15) is 4.79 Å². The molecule has 2 aromatic rings. The number of anilines is 3. The molecular weight excluding hydrogens is 228 g/mol. The van der Waals surface area contributed by atoms with Gasteiger partial charge in [-0.3, -0.25) is 4.79 Å². The van der Waals surface area contributed by atoms with Crippen molar-refractivity contribution >= 4 is 23.1 Å². The molecule has 2 rings (SSSR count). The van der Waals surface area contributed by atoms with Crippen molar-refractivity contribution in [1.29, 1.82) is 0 Å². The number of primary amides is 1. The van der Waals surface area contributed by atoms with Crippen LogP contribution in [-0.2, 0) is 0 Å². The van der Waals surface area contributed by atoms with E-state index >= 15 is 0 Å². The number of nitrogens with one attached hydrogen (secondary N) is 1. The second-order valence-electron chi connectivity index (χ2n) is 4.02. The lowest BCUT2D eigenvalue weighted by atomic mass is 10.2. The van der Waals surface area contributed by atoms with Crippen LogP contribution in [0.15, 0.2) is 36.5 Å². The van der Waals surface area contributed by atoms with Crippen LogP contribution in [0.5, 0.6) is 0 Å². The quantitative estimate of drug-likeness (QED) is 0.765. The topological polar surface area (TPSA) is 94.0 Å². The zero-order chi connectivity index (χ0) is 13.1. The minimum atomic E-state index is -0.469. The lowest BCUT2D eigenvalue weighted by Crippen LogP contribution is -2.11. The van der Waals surface area contributed by atoms with Gasteiger partial charge in [0.25, 0.3) is 0 Å². The number of aryl methyl sites for hydroxylation is 1. The van der Waals surface area contributed by atoms with E-state index < -0.39 is 5.91 Å². The molecule has 0 saturated heterocycles. The minimum absolute atomic E-state index is 0.436. The predicted octanol–water partition coefficient (Wildman–Crippen LogP) is 1.81. The molecule has 0 aliphatic carbocycles. The summed E-state index contributed by atoms with van der Waals surface area (Å²) in [5.41, 5.74) is 13.8. The number of pyridine rings is 1. The van der Waals surface area contributed by atoms with Gasteiger partial charge < -0.3 is 16.8 Å². The fourth-order valence-electron chi connectivity index (χ4n) is 1.58. The lowest BCUT2D eigenvalue weighted by molar-refractivity contribution is 0.100. The molecule has 18 heavy (non-hydrogen) atoms. The Bertz CT molecular complexity index is 595.